The van der Waals surface area contributed by atoms with Crippen molar-refractivity contribution in [3.8, 4) is 0 Å². The van der Waals surface area contributed by atoms with E-state index in [0.29, 0.717) is 22.1 Å². The molecule has 10 heteroatoms. The molecule has 0 amide bonds. The summed E-state index contributed by atoms with van der Waals surface area (Å²) in [5.74, 6) is 0. The Hall–Kier alpha value is -2.46. The first-order chi connectivity index (χ1) is 12.6. The van der Waals surface area contributed by atoms with Gasteiger partial charge >= 0.3 is 5.51 Å². The highest BCUT2D eigenvalue weighted by Crippen LogP contribution is 2.26. The van der Waals surface area contributed by atoms with Gasteiger partial charge in [-0.25, -0.2) is 8.42 Å². The zero-order valence-corrected chi connectivity index (χ0v) is 16.3. The summed E-state index contributed by atoms with van der Waals surface area (Å²) in [6.07, 6.45) is 1.86. The van der Waals surface area contributed by atoms with Gasteiger partial charge in [0, 0.05) is 6.07 Å². The summed E-state index contributed by atoms with van der Waals surface area (Å²) in [7, 11) is -4.23. The van der Waals surface area contributed by atoms with Gasteiger partial charge in [0.05, 0.1) is 5.39 Å². The standard InChI is InChI=1S/C17H18NO2.CHF3O3S/c1-17(2,3)11-7-8-13-12(10-11)16(19)15-14(20-13)6-5-9-18(15)4;2-1(3,4)8(5,6)7/h5-10H,1-4H3;(H,5,6,7)/q+1;/p-1. The molecule has 6 nitrogen and oxygen atoms in total. The normalized spacial score (nSPS) is 12.7. The molecule has 0 aliphatic carbocycles. The third kappa shape index (κ3) is 4.50. The van der Waals surface area contributed by atoms with E-state index in [0.717, 1.165) is 5.56 Å². The smallest absolute Gasteiger partial charge is 0.485 e. The minimum Gasteiger partial charge on any atom is -0.741 e. The summed E-state index contributed by atoms with van der Waals surface area (Å²) in [4.78, 5) is 12.7. The molecule has 0 N–H and O–H groups in total. The lowest BCUT2D eigenvalue weighted by Gasteiger charge is -2.18. The van der Waals surface area contributed by atoms with Crippen molar-refractivity contribution >= 4 is 32.2 Å². The predicted octanol–water partition coefficient (Wildman–Crippen LogP) is 3.12. The second kappa shape index (κ2) is 7.17. The fourth-order valence-corrected chi connectivity index (χ4v) is 2.45. The number of pyridine rings is 1. The zero-order valence-electron chi connectivity index (χ0n) is 15.5. The van der Waals surface area contributed by atoms with Gasteiger partial charge in [0.25, 0.3) is 10.9 Å². The maximum absolute atomic E-state index is 12.7. The van der Waals surface area contributed by atoms with Crippen molar-refractivity contribution in [3.05, 3.63) is 52.3 Å². The van der Waals surface area contributed by atoms with Crippen LogP contribution in [0.25, 0.3) is 22.1 Å². The molecule has 3 aromatic rings. The minimum atomic E-state index is -6.09. The van der Waals surface area contributed by atoms with E-state index < -0.39 is 15.6 Å². The van der Waals surface area contributed by atoms with Gasteiger partial charge < -0.3 is 8.97 Å². The van der Waals surface area contributed by atoms with E-state index in [1.165, 1.54) is 0 Å². The van der Waals surface area contributed by atoms with Gasteiger partial charge in [0.15, 0.2) is 16.3 Å². The number of hydrogen-bond donors (Lipinski definition) is 0. The second-order valence-electron chi connectivity index (χ2n) is 7.12. The molecule has 2 heterocycles. The number of benzene rings is 1. The van der Waals surface area contributed by atoms with Crippen LogP contribution in [0.15, 0.2) is 45.7 Å². The van der Waals surface area contributed by atoms with E-state index in [2.05, 4.69) is 20.8 Å². The van der Waals surface area contributed by atoms with Crippen LogP contribution in [0.1, 0.15) is 26.3 Å². The van der Waals surface area contributed by atoms with Crippen LogP contribution in [0.3, 0.4) is 0 Å². The molecule has 0 aliphatic heterocycles. The molecule has 0 saturated carbocycles. The number of halogens is 3. The molecule has 2 aromatic heterocycles. The topological polar surface area (TPSA) is 91.3 Å². The van der Waals surface area contributed by atoms with Gasteiger partial charge in [-0.05, 0) is 29.2 Å². The number of hydrogen-bond acceptors (Lipinski definition) is 5. The molecule has 3 rings (SSSR count). The molecule has 28 heavy (non-hydrogen) atoms. The monoisotopic (exact) mass is 417 g/mol. The summed E-state index contributed by atoms with van der Waals surface area (Å²) < 4.78 is 66.6. The van der Waals surface area contributed by atoms with Crippen LogP contribution in [0.2, 0.25) is 0 Å². The molecule has 0 fully saturated rings. The molecule has 0 unspecified atom stereocenters. The molecular weight excluding hydrogens is 399 g/mol. The zero-order chi connectivity index (χ0) is 21.5. The number of aromatic nitrogens is 1. The molecule has 0 atom stereocenters. The van der Waals surface area contributed by atoms with Crippen LogP contribution in [0, 0.1) is 0 Å². The van der Waals surface area contributed by atoms with Crippen LogP contribution in [-0.2, 0) is 22.6 Å². The summed E-state index contributed by atoms with van der Waals surface area (Å²) in [6.45, 7) is 6.41. The van der Waals surface area contributed by atoms with Crippen LogP contribution in [-0.4, -0.2) is 18.5 Å². The lowest BCUT2D eigenvalue weighted by atomic mass is 9.86. The predicted molar refractivity (Wildman–Crippen MR) is 95.6 cm³/mol. The number of rotatable bonds is 0. The number of nitrogens with zero attached hydrogens (tertiary/aromatic N) is 1. The first-order valence-electron chi connectivity index (χ1n) is 8.01. The van der Waals surface area contributed by atoms with Gasteiger partial charge in [-0.3, -0.25) is 4.79 Å². The van der Waals surface area contributed by atoms with E-state index in [-0.39, 0.29) is 10.8 Å². The highest BCUT2D eigenvalue weighted by atomic mass is 32.2. The number of alkyl halides is 3. The summed E-state index contributed by atoms with van der Waals surface area (Å²) >= 11 is 0. The fourth-order valence-electron chi connectivity index (χ4n) is 2.45. The largest absolute Gasteiger partial charge is 0.741 e. The van der Waals surface area contributed by atoms with Gasteiger partial charge in [0.1, 0.15) is 12.6 Å². The average molecular weight is 417 g/mol. The highest BCUT2D eigenvalue weighted by Gasteiger charge is 2.36. The van der Waals surface area contributed by atoms with E-state index in [1.807, 2.05) is 48.1 Å². The van der Waals surface area contributed by atoms with E-state index in [9.17, 15) is 18.0 Å². The Balaban J connectivity index is 0.000000300. The first-order valence-corrected chi connectivity index (χ1v) is 9.41. The van der Waals surface area contributed by atoms with Crippen molar-refractivity contribution in [2.45, 2.75) is 31.7 Å². The minimum absolute atomic E-state index is 0.00840. The summed E-state index contributed by atoms with van der Waals surface area (Å²) in [5.41, 5.74) is -2.61. The number of fused-ring (bicyclic) bond motifs is 2. The molecule has 152 valence electrons. The van der Waals surface area contributed by atoms with Crippen LogP contribution in [0.5, 0.6) is 0 Å². The van der Waals surface area contributed by atoms with Gasteiger partial charge in [-0.2, -0.15) is 17.7 Å². The Kier molecular flexibility index (Phi) is 5.59. The quantitative estimate of drug-likeness (QED) is 0.243. The Labute approximate surface area is 159 Å². The fraction of sp³-hybridized carbons (Fsp3) is 0.333. The molecule has 0 spiro atoms. The Morgan fingerprint density at radius 2 is 1.64 bits per heavy atom. The van der Waals surface area contributed by atoms with Gasteiger partial charge in [-0.1, -0.05) is 26.8 Å². The third-order valence-electron chi connectivity index (χ3n) is 3.95. The van der Waals surface area contributed by atoms with Crippen molar-refractivity contribution < 1.29 is 35.1 Å². The maximum atomic E-state index is 12.7. The van der Waals surface area contributed by atoms with E-state index >= 15 is 0 Å². The Morgan fingerprint density at radius 1 is 1.07 bits per heavy atom. The molecular formula is C18H18F3NO5S. The van der Waals surface area contributed by atoms with Crippen LogP contribution >= 0.6 is 0 Å². The lowest BCUT2D eigenvalue weighted by molar-refractivity contribution is -0.645. The molecule has 0 radical (unpaired) electrons. The lowest BCUT2D eigenvalue weighted by Crippen LogP contribution is -2.33. The van der Waals surface area contributed by atoms with Gasteiger partial charge in [0.2, 0.25) is 5.58 Å². The molecule has 0 saturated heterocycles. The van der Waals surface area contributed by atoms with Crippen LogP contribution in [0.4, 0.5) is 13.2 Å². The van der Waals surface area contributed by atoms with E-state index in [4.69, 9.17) is 17.4 Å². The first kappa shape index (κ1) is 21.8. The summed E-state index contributed by atoms with van der Waals surface area (Å²) in [5, 5.41) is 0.645. The second-order valence-corrected chi connectivity index (χ2v) is 8.50. The van der Waals surface area contributed by atoms with Crippen LogP contribution < -0.4 is 10.00 Å². The van der Waals surface area contributed by atoms with Gasteiger partial charge in [-0.15, -0.1) is 0 Å². The average Bonchev–Trinajstić information content (AvgIpc) is 2.52. The number of aryl methyl sites for hydroxylation is 1. The van der Waals surface area contributed by atoms with Crippen molar-refractivity contribution in [1.82, 2.24) is 0 Å². The maximum Gasteiger partial charge on any atom is 0.485 e. The molecule has 0 bridgehead atoms. The Bertz CT molecular complexity index is 1190. The molecule has 1 aromatic carbocycles. The SMILES string of the molecule is C[n+]1cccc2oc3ccc(C(C)(C)C)cc3c(=O)c21.O=S(=O)([O-])C(F)(F)F. The third-order valence-corrected chi connectivity index (χ3v) is 4.52. The van der Waals surface area contributed by atoms with E-state index in [1.54, 1.807) is 0 Å². The van der Waals surface area contributed by atoms with Crippen molar-refractivity contribution in [2.75, 3.05) is 0 Å². The van der Waals surface area contributed by atoms with Crippen molar-refractivity contribution in [1.29, 1.82) is 0 Å². The van der Waals surface area contributed by atoms with Crippen molar-refractivity contribution in [2.24, 2.45) is 7.05 Å². The highest BCUT2D eigenvalue weighted by molar-refractivity contribution is 7.86. The Morgan fingerprint density at radius 3 is 2.14 bits per heavy atom. The summed E-state index contributed by atoms with van der Waals surface area (Å²) in [6, 6.07) is 9.58. The molecule has 0 aliphatic rings. The van der Waals surface area contributed by atoms with Crippen molar-refractivity contribution in [3.63, 3.8) is 0 Å².